The summed E-state index contributed by atoms with van der Waals surface area (Å²) < 4.78 is 35.2. The highest BCUT2D eigenvalue weighted by Crippen LogP contribution is 2.41. The molecule has 7 nitrogen and oxygen atoms in total. The highest BCUT2D eigenvalue weighted by Gasteiger charge is 2.37. The minimum absolute atomic E-state index is 0.0919. The molecular formula is C32H41ClN2O5S. The van der Waals surface area contributed by atoms with E-state index in [1.807, 2.05) is 44.2 Å². The Morgan fingerprint density at radius 3 is 2.59 bits per heavy atom. The van der Waals surface area contributed by atoms with Gasteiger partial charge in [0.05, 0.1) is 17.0 Å². The van der Waals surface area contributed by atoms with Gasteiger partial charge >= 0.3 is 0 Å². The van der Waals surface area contributed by atoms with Gasteiger partial charge in [-0.15, -0.1) is 0 Å². The van der Waals surface area contributed by atoms with Gasteiger partial charge in [-0.1, -0.05) is 43.7 Å². The number of hydrogen-bond acceptors (Lipinski definition) is 6. The van der Waals surface area contributed by atoms with Gasteiger partial charge in [0.1, 0.15) is 12.4 Å². The number of hydrogen-bond donors (Lipinski definition) is 2. The molecule has 9 heteroatoms. The summed E-state index contributed by atoms with van der Waals surface area (Å²) in [6.45, 7) is 7.27. The Balaban J connectivity index is 1.55. The number of aliphatic hydroxyl groups excluding tert-OH is 1. The molecule has 2 aromatic rings. The van der Waals surface area contributed by atoms with Gasteiger partial charge in [0.15, 0.2) is 0 Å². The largest absolute Gasteiger partial charge is 0.487 e. The van der Waals surface area contributed by atoms with Crippen LogP contribution in [0.15, 0.2) is 48.6 Å². The van der Waals surface area contributed by atoms with Crippen LogP contribution in [0.25, 0.3) is 0 Å². The number of halogens is 1. The number of amides is 1. The fourth-order valence-corrected chi connectivity index (χ4v) is 7.80. The van der Waals surface area contributed by atoms with Crippen molar-refractivity contribution in [2.24, 2.45) is 23.7 Å². The molecule has 222 valence electrons. The lowest BCUT2D eigenvalue weighted by Gasteiger charge is -2.42. The van der Waals surface area contributed by atoms with Crippen LogP contribution in [0, 0.1) is 23.7 Å². The van der Waals surface area contributed by atoms with E-state index in [0.29, 0.717) is 23.3 Å². The Bertz CT molecular complexity index is 1410. The molecule has 6 unspecified atom stereocenters. The van der Waals surface area contributed by atoms with E-state index in [0.717, 1.165) is 56.4 Å². The second-order valence-electron chi connectivity index (χ2n) is 12.1. The minimum atomic E-state index is -3.94. The molecule has 0 spiro atoms. The Morgan fingerprint density at radius 2 is 1.83 bits per heavy atom. The maximum Gasteiger partial charge on any atom is 0.264 e. The van der Waals surface area contributed by atoms with Gasteiger partial charge in [0.25, 0.3) is 5.91 Å². The Kier molecular flexibility index (Phi) is 9.02. The lowest BCUT2D eigenvalue weighted by Crippen LogP contribution is -2.44. The van der Waals surface area contributed by atoms with Crippen molar-refractivity contribution in [1.29, 1.82) is 0 Å². The van der Waals surface area contributed by atoms with E-state index in [2.05, 4.69) is 9.62 Å². The summed E-state index contributed by atoms with van der Waals surface area (Å²) in [5.41, 5.74) is 3.28. The fourth-order valence-electron chi connectivity index (χ4n) is 6.23. The molecule has 41 heavy (non-hydrogen) atoms. The minimum Gasteiger partial charge on any atom is -0.487 e. The molecular weight excluding hydrogens is 560 g/mol. The van der Waals surface area contributed by atoms with Crippen LogP contribution in [-0.2, 0) is 23.1 Å². The van der Waals surface area contributed by atoms with Crippen molar-refractivity contribution < 1.29 is 23.1 Å². The number of nitrogens with one attached hydrogen (secondary N) is 1. The number of rotatable bonds is 0. The first-order valence-electron chi connectivity index (χ1n) is 14.7. The van der Waals surface area contributed by atoms with Crippen molar-refractivity contribution in [2.75, 3.05) is 18.0 Å². The number of fused-ring (bicyclic) bond motifs is 3. The smallest absolute Gasteiger partial charge is 0.264 e. The molecule has 0 radical (unpaired) electrons. The summed E-state index contributed by atoms with van der Waals surface area (Å²) in [6, 6.07) is 11.0. The van der Waals surface area contributed by atoms with Crippen LogP contribution in [-0.4, -0.2) is 43.9 Å². The molecule has 2 bridgehead atoms. The summed E-state index contributed by atoms with van der Waals surface area (Å²) in [5.74, 6) is 0.0618. The highest BCUT2D eigenvalue weighted by molar-refractivity contribution is 7.90. The van der Waals surface area contributed by atoms with Gasteiger partial charge in [-0.25, -0.2) is 13.1 Å². The molecule has 2 aliphatic heterocycles. The monoisotopic (exact) mass is 600 g/mol. The normalized spacial score (nSPS) is 31.2. The van der Waals surface area contributed by atoms with E-state index in [1.54, 1.807) is 25.1 Å². The maximum atomic E-state index is 13.3. The first kappa shape index (κ1) is 29.9. The van der Waals surface area contributed by atoms with Crippen LogP contribution >= 0.6 is 11.6 Å². The van der Waals surface area contributed by atoms with Crippen molar-refractivity contribution in [3.05, 3.63) is 70.3 Å². The summed E-state index contributed by atoms with van der Waals surface area (Å²) in [4.78, 5) is 15.6. The number of carbonyl (C=O) groups is 1. The van der Waals surface area contributed by atoms with E-state index in [1.165, 1.54) is 5.56 Å². The Morgan fingerprint density at radius 1 is 1.02 bits per heavy atom. The molecule has 1 fully saturated rings. The molecule has 5 rings (SSSR count). The van der Waals surface area contributed by atoms with Crippen molar-refractivity contribution in [1.82, 2.24) is 4.72 Å². The summed E-state index contributed by atoms with van der Waals surface area (Å²) in [7, 11) is -3.94. The van der Waals surface area contributed by atoms with Crippen LogP contribution in [0.5, 0.6) is 5.75 Å². The lowest BCUT2D eigenvalue weighted by atomic mass is 9.70. The lowest BCUT2D eigenvalue weighted by molar-refractivity contribution is 0.0459. The van der Waals surface area contributed by atoms with E-state index in [9.17, 15) is 18.3 Å². The number of aliphatic hydroxyl groups is 1. The number of ether oxygens (including phenoxy) is 1. The SMILES string of the molecule is CC1/C=C/C(O)C2CCC2CN2CCCCc3cc(Cl)ccc3COc3ccc(cc32)C(=O)NS(=O)(=O)C(C)C1C. The highest BCUT2D eigenvalue weighted by atomic mass is 35.5. The molecule has 1 aliphatic carbocycles. The second-order valence-corrected chi connectivity index (χ2v) is 14.5. The third-order valence-corrected chi connectivity index (χ3v) is 11.6. The van der Waals surface area contributed by atoms with Crippen LogP contribution < -0.4 is 14.4 Å². The van der Waals surface area contributed by atoms with Crippen LogP contribution in [0.3, 0.4) is 0 Å². The van der Waals surface area contributed by atoms with Gasteiger partial charge in [-0.3, -0.25) is 4.79 Å². The van der Waals surface area contributed by atoms with Gasteiger partial charge in [-0.2, -0.15) is 0 Å². The third kappa shape index (κ3) is 6.60. The number of anilines is 1. The summed E-state index contributed by atoms with van der Waals surface area (Å²) in [5, 5.41) is 11.0. The Hall–Kier alpha value is -2.55. The first-order valence-corrected chi connectivity index (χ1v) is 16.7. The standard InChI is InChI=1S/C32H41ClN2O5S/c1-20-7-13-30(36)28-12-9-25(28)18-35-15-5-4-6-23-16-27(33)11-8-26(23)19-40-31-14-10-24(17-29(31)35)32(37)34-41(38,39)22(3)21(20)2/h7-8,10-11,13-14,16-17,20-22,25,28,30,36H,4-6,9,12,15,18-19H2,1-3H3,(H,34,37)/b13-7+. The molecule has 1 amide bonds. The molecule has 2 N–H and O–H groups in total. The van der Waals surface area contributed by atoms with Crippen molar-refractivity contribution in [3.63, 3.8) is 0 Å². The zero-order valence-electron chi connectivity index (χ0n) is 24.1. The fraction of sp³-hybridized carbons (Fsp3) is 0.531. The van der Waals surface area contributed by atoms with Gasteiger partial charge < -0.3 is 14.7 Å². The first-order chi connectivity index (χ1) is 19.5. The summed E-state index contributed by atoms with van der Waals surface area (Å²) >= 11 is 6.30. The quantitative estimate of drug-likeness (QED) is 0.375. The number of nitrogens with zero attached hydrogens (tertiary/aromatic N) is 1. The number of benzene rings is 2. The van der Waals surface area contributed by atoms with Crippen molar-refractivity contribution >= 4 is 33.2 Å². The van der Waals surface area contributed by atoms with E-state index in [4.69, 9.17) is 16.3 Å². The molecule has 2 aromatic carbocycles. The van der Waals surface area contributed by atoms with Crippen LogP contribution in [0.4, 0.5) is 5.69 Å². The van der Waals surface area contributed by atoms with Crippen molar-refractivity contribution in [3.8, 4) is 5.75 Å². The van der Waals surface area contributed by atoms with Gasteiger partial charge in [-0.05, 0) is 104 Å². The molecule has 2 heterocycles. The zero-order valence-corrected chi connectivity index (χ0v) is 25.6. The number of carbonyl (C=O) groups excluding carboxylic acids is 1. The van der Waals surface area contributed by atoms with Crippen LogP contribution in [0.2, 0.25) is 5.02 Å². The summed E-state index contributed by atoms with van der Waals surface area (Å²) in [6.07, 6.45) is 7.91. The molecule has 1 saturated carbocycles. The number of sulfonamides is 1. The van der Waals surface area contributed by atoms with E-state index < -0.39 is 27.3 Å². The van der Waals surface area contributed by atoms with E-state index >= 15 is 0 Å². The average molecular weight is 601 g/mol. The molecule has 0 aromatic heterocycles. The predicted octanol–water partition coefficient (Wildman–Crippen LogP) is 5.74. The average Bonchev–Trinajstić information content (AvgIpc) is 2.95. The molecule has 3 aliphatic rings. The van der Waals surface area contributed by atoms with Gasteiger partial charge in [0.2, 0.25) is 10.0 Å². The topological polar surface area (TPSA) is 95.9 Å². The number of aryl methyl sites for hydroxylation is 1. The van der Waals surface area contributed by atoms with Crippen molar-refractivity contribution in [2.45, 2.75) is 70.8 Å². The Labute approximate surface area is 249 Å². The van der Waals surface area contributed by atoms with E-state index in [-0.39, 0.29) is 23.3 Å². The van der Waals surface area contributed by atoms with Crippen LogP contribution in [0.1, 0.15) is 67.9 Å². The zero-order chi connectivity index (χ0) is 29.3. The van der Waals surface area contributed by atoms with Gasteiger partial charge in [0, 0.05) is 23.7 Å². The molecule has 0 saturated heterocycles. The second kappa shape index (κ2) is 12.4. The predicted molar refractivity (Wildman–Crippen MR) is 163 cm³/mol. The molecule has 6 atom stereocenters. The third-order valence-electron chi connectivity index (χ3n) is 9.51. The maximum absolute atomic E-state index is 13.3. The number of allylic oxidation sites excluding steroid dienone is 1.